The van der Waals surface area contributed by atoms with E-state index in [0.717, 1.165) is 27.0 Å². The molecule has 0 radical (unpaired) electrons. The maximum Gasteiger partial charge on any atom is 0.0533 e. The Hall–Kier alpha value is -1.91. The van der Waals surface area contributed by atoms with E-state index in [-0.39, 0.29) is 0 Å². The molecule has 0 aliphatic rings. The van der Waals surface area contributed by atoms with Crippen LogP contribution >= 0.6 is 15.9 Å². The third-order valence-electron chi connectivity index (χ3n) is 10.4. The highest BCUT2D eigenvalue weighted by molar-refractivity contribution is 9.10. The zero-order chi connectivity index (χ0) is 34.0. The quantitative estimate of drug-likeness (QED) is 0.0622. The lowest BCUT2D eigenvalue weighted by Crippen LogP contribution is -2.11. The van der Waals surface area contributed by atoms with Crippen LogP contribution in [0.2, 0.25) is 0 Å². The summed E-state index contributed by atoms with van der Waals surface area (Å²) in [5.41, 5.74) is 4.90. The Balaban J connectivity index is 1.48. The van der Waals surface area contributed by atoms with Gasteiger partial charge >= 0.3 is 0 Å². The zero-order valence-corrected chi connectivity index (χ0v) is 33.0. The lowest BCUT2D eigenvalue weighted by atomic mass is 9.93. The smallest absolute Gasteiger partial charge is 0.0533 e. The number of hydrogen-bond acceptors (Lipinski definition) is 1. The number of unbranched alkanes of at least 4 members (excludes halogenated alkanes) is 16. The van der Waals surface area contributed by atoms with Gasteiger partial charge in [-0.15, -0.1) is 0 Å². The van der Waals surface area contributed by atoms with Crippen LogP contribution in [-0.2, 0) is 17.3 Å². The molecule has 0 aliphatic heterocycles. The number of para-hydroxylation sites is 1. The molecule has 3 aromatic carbocycles. The molecule has 0 amide bonds. The average molecular weight is 735 g/mol. The van der Waals surface area contributed by atoms with Gasteiger partial charge in [0, 0.05) is 43.5 Å². The number of hydrogen-bond donors (Lipinski definition) is 0. The number of benzene rings is 3. The molecule has 4 aromatic rings. The first-order valence-corrected chi connectivity index (χ1v) is 21.9. The van der Waals surface area contributed by atoms with Gasteiger partial charge < -0.3 is 4.57 Å². The fraction of sp³-hybridized carbons (Fsp3) is 0.591. The molecule has 0 saturated carbocycles. The minimum atomic E-state index is -1.03. The fourth-order valence-corrected chi connectivity index (χ4v) is 9.08. The van der Waals surface area contributed by atoms with Crippen LogP contribution in [0.25, 0.3) is 32.9 Å². The molecule has 0 spiro atoms. The SMILES string of the molecule is CCCCCCCCCCCCC(CCCCCCCCCC)Cn1c2ccccc2c2cc(-c3ccc(Br)cc3S(=O)CC)ccc21. The van der Waals surface area contributed by atoms with Gasteiger partial charge in [-0.25, -0.2) is 0 Å². The Kier molecular flexibility index (Phi) is 17.8. The summed E-state index contributed by atoms with van der Waals surface area (Å²) in [6.07, 6.45) is 27.8. The van der Waals surface area contributed by atoms with Gasteiger partial charge in [0.2, 0.25) is 0 Å². The predicted molar refractivity (Wildman–Crippen MR) is 217 cm³/mol. The molecule has 4 heteroatoms. The van der Waals surface area contributed by atoms with Crippen molar-refractivity contribution in [2.75, 3.05) is 5.75 Å². The summed E-state index contributed by atoms with van der Waals surface area (Å²) in [4.78, 5) is 0.914. The van der Waals surface area contributed by atoms with E-state index in [4.69, 9.17) is 0 Å². The summed E-state index contributed by atoms with van der Waals surface area (Å²) in [5, 5.41) is 2.64. The van der Waals surface area contributed by atoms with Crippen LogP contribution < -0.4 is 0 Å². The Bertz CT molecular complexity index is 1520. The van der Waals surface area contributed by atoms with Crippen molar-refractivity contribution in [1.82, 2.24) is 4.57 Å². The van der Waals surface area contributed by atoms with Crippen molar-refractivity contribution in [3.8, 4) is 11.1 Å². The minimum absolute atomic E-state index is 0.615. The van der Waals surface area contributed by atoms with Crippen LogP contribution in [-0.4, -0.2) is 14.5 Å². The Labute approximate surface area is 304 Å². The van der Waals surface area contributed by atoms with E-state index < -0.39 is 10.8 Å². The van der Waals surface area contributed by atoms with Gasteiger partial charge in [-0.3, -0.25) is 4.21 Å². The van der Waals surface area contributed by atoms with Crippen LogP contribution in [0.5, 0.6) is 0 Å². The summed E-state index contributed by atoms with van der Waals surface area (Å²) in [7, 11) is -1.03. The second-order valence-electron chi connectivity index (χ2n) is 14.2. The minimum Gasteiger partial charge on any atom is -0.340 e. The van der Waals surface area contributed by atoms with Crippen LogP contribution in [0, 0.1) is 5.92 Å². The normalized spacial score (nSPS) is 13.1. The molecular formula is C44H64BrNOS. The molecule has 264 valence electrons. The van der Waals surface area contributed by atoms with Gasteiger partial charge in [0.1, 0.15) is 0 Å². The monoisotopic (exact) mass is 733 g/mol. The van der Waals surface area contributed by atoms with Crippen molar-refractivity contribution >= 4 is 48.5 Å². The molecule has 1 aromatic heterocycles. The molecule has 2 atom stereocenters. The van der Waals surface area contributed by atoms with Crippen LogP contribution in [0.1, 0.15) is 149 Å². The second kappa shape index (κ2) is 22.0. The zero-order valence-electron chi connectivity index (χ0n) is 30.5. The third kappa shape index (κ3) is 11.9. The number of aromatic nitrogens is 1. The summed E-state index contributed by atoms with van der Waals surface area (Å²) in [6, 6.07) is 22.2. The largest absolute Gasteiger partial charge is 0.340 e. The van der Waals surface area contributed by atoms with E-state index in [0.29, 0.717) is 11.7 Å². The fourth-order valence-electron chi connectivity index (χ4n) is 7.57. The van der Waals surface area contributed by atoms with E-state index >= 15 is 0 Å². The molecule has 4 rings (SSSR count). The molecular weight excluding hydrogens is 670 g/mol. The Morgan fingerprint density at radius 3 is 1.73 bits per heavy atom. The first kappa shape index (κ1) is 38.9. The molecule has 0 bridgehead atoms. The van der Waals surface area contributed by atoms with Crippen molar-refractivity contribution in [3.05, 3.63) is 65.1 Å². The van der Waals surface area contributed by atoms with Gasteiger partial charge in [0.15, 0.2) is 0 Å². The number of fused-ring (bicyclic) bond motifs is 3. The molecule has 2 nitrogen and oxygen atoms in total. The van der Waals surface area contributed by atoms with E-state index in [9.17, 15) is 4.21 Å². The highest BCUT2D eigenvalue weighted by Crippen LogP contribution is 2.36. The molecule has 0 saturated heterocycles. The topological polar surface area (TPSA) is 22.0 Å². The molecule has 0 fully saturated rings. The van der Waals surface area contributed by atoms with Crippen LogP contribution in [0.4, 0.5) is 0 Å². The van der Waals surface area contributed by atoms with E-state index in [2.05, 4.69) is 88.9 Å². The lowest BCUT2D eigenvalue weighted by molar-refractivity contribution is 0.364. The number of halogens is 1. The van der Waals surface area contributed by atoms with Crippen molar-refractivity contribution in [1.29, 1.82) is 0 Å². The summed E-state index contributed by atoms with van der Waals surface area (Å²) >= 11 is 3.61. The number of nitrogens with zero attached hydrogens (tertiary/aromatic N) is 1. The summed E-state index contributed by atoms with van der Waals surface area (Å²) < 4.78 is 16.7. The molecule has 2 unspecified atom stereocenters. The van der Waals surface area contributed by atoms with Crippen LogP contribution in [0.15, 0.2) is 70.0 Å². The average Bonchev–Trinajstić information content (AvgIpc) is 3.42. The van der Waals surface area contributed by atoms with Crippen molar-refractivity contribution in [2.45, 2.75) is 161 Å². The molecule has 48 heavy (non-hydrogen) atoms. The molecule has 0 N–H and O–H groups in total. The van der Waals surface area contributed by atoms with Crippen molar-refractivity contribution in [2.24, 2.45) is 5.92 Å². The summed E-state index contributed by atoms with van der Waals surface area (Å²) in [6.45, 7) is 7.70. The maximum atomic E-state index is 13.0. The van der Waals surface area contributed by atoms with Gasteiger partial charge in [0.25, 0.3) is 0 Å². The summed E-state index contributed by atoms with van der Waals surface area (Å²) in [5.74, 6) is 1.33. The highest BCUT2D eigenvalue weighted by Gasteiger charge is 2.18. The van der Waals surface area contributed by atoms with Gasteiger partial charge in [-0.1, -0.05) is 183 Å². The third-order valence-corrected chi connectivity index (χ3v) is 12.3. The number of rotatable bonds is 25. The van der Waals surface area contributed by atoms with E-state index in [1.807, 2.05) is 13.0 Å². The van der Waals surface area contributed by atoms with E-state index in [1.54, 1.807) is 0 Å². The van der Waals surface area contributed by atoms with Crippen molar-refractivity contribution in [3.63, 3.8) is 0 Å². The van der Waals surface area contributed by atoms with E-state index in [1.165, 1.54) is 150 Å². The lowest BCUT2D eigenvalue weighted by Gasteiger charge is -2.20. The van der Waals surface area contributed by atoms with Gasteiger partial charge in [-0.05, 0) is 60.2 Å². The van der Waals surface area contributed by atoms with Crippen LogP contribution in [0.3, 0.4) is 0 Å². The predicted octanol–water partition coefficient (Wildman–Crippen LogP) is 14.8. The first-order chi connectivity index (χ1) is 23.6. The van der Waals surface area contributed by atoms with Gasteiger partial charge in [0.05, 0.1) is 10.8 Å². The van der Waals surface area contributed by atoms with Gasteiger partial charge in [-0.2, -0.15) is 0 Å². The second-order valence-corrected chi connectivity index (χ2v) is 16.9. The van der Waals surface area contributed by atoms with Crippen molar-refractivity contribution < 1.29 is 4.21 Å². The maximum absolute atomic E-state index is 13.0. The Morgan fingerprint density at radius 2 is 1.15 bits per heavy atom. The first-order valence-electron chi connectivity index (χ1n) is 19.8. The highest BCUT2D eigenvalue weighted by atomic mass is 79.9. The molecule has 1 heterocycles. The Morgan fingerprint density at radius 1 is 0.604 bits per heavy atom. The molecule has 0 aliphatic carbocycles. The standard InChI is InChI=1S/C44H64BrNOS/c1-4-7-9-11-13-15-16-18-20-22-26-36(25-21-19-17-14-12-10-8-5-2)35-46-42-28-24-23-27-40(42)41-33-37(29-32-43(41)46)39-31-30-38(45)34-44(39)48(47)6-3/h23-24,27-34,36H,4-22,25-26,35H2,1-3H3.